The van der Waals surface area contributed by atoms with Crippen molar-refractivity contribution in [3.05, 3.63) is 53.1 Å². The molecule has 3 aliphatic rings. The first-order valence-corrected chi connectivity index (χ1v) is 17.4. The first-order valence-electron chi connectivity index (χ1n) is 16.2. The summed E-state index contributed by atoms with van der Waals surface area (Å²) in [6.07, 6.45) is 4.80. The van der Waals surface area contributed by atoms with E-state index in [1.165, 1.54) is 18.2 Å². The maximum Gasteiger partial charge on any atom is 0.319 e. The van der Waals surface area contributed by atoms with E-state index in [0.29, 0.717) is 30.8 Å². The lowest BCUT2D eigenvalue weighted by atomic mass is 9.94. The number of methoxy groups -OCH3 is 1. The maximum absolute atomic E-state index is 17.1. The number of nitrogens with two attached hydrogens (primary N) is 1. The molecular weight excluding hydrogens is 672 g/mol. The number of carbonyl (C=O) groups is 1. The minimum atomic E-state index is -0.769. The van der Waals surface area contributed by atoms with Gasteiger partial charge < -0.3 is 25.0 Å². The predicted octanol–water partition coefficient (Wildman–Crippen LogP) is 6.14. The van der Waals surface area contributed by atoms with Gasteiger partial charge in [0.15, 0.2) is 5.82 Å². The highest BCUT2D eigenvalue weighted by atomic mass is 35.5. The monoisotopic (exact) mass is 707 g/mol. The molecule has 3 saturated heterocycles. The molecule has 1 amide bonds. The van der Waals surface area contributed by atoms with E-state index >= 15 is 4.39 Å². The Morgan fingerprint density at radius 3 is 2.88 bits per heavy atom. The molecule has 2 aromatic heterocycles. The van der Waals surface area contributed by atoms with Gasteiger partial charge in [-0.1, -0.05) is 24.2 Å². The zero-order valence-corrected chi connectivity index (χ0v) is 29.0. The lowest BCUT2D eigenvalue weighted by Crippen LogP contribution is -2.44. The standard InChI is InChI=1S/C35H36ClF2N7O3S/c1-5-26(46)45-12-9-25(18(45)2)43(3)33-21-13-23(36)28(20-7-8-24(37)31-27(20)22(15-39)32(40)49-31)29(38)30(21)41-34(42-33)48-17-35-10-6-11-44(35)16-19(14-35)47-4/h5,7-8,13,18-19,25H,1,6,9-12,14,16-17,40H2,2-4H3/t18-,19-,25-,35+/m1/s1. The number of halogens is 3. The summed E-state index contributed by atoms with van der Waals surface area (Å²) in [5.41, 5.74) is 6.03. The normalized spacial score (nSPS) is 23.7. The quantitative estimate of drug-likeness (QED) is 0.215. The number of hydrogen-bond acceptors (Lipinski definition) is 10. The number of thiophene rings is 1. The molecule has 10 nitrogen and oxygen atoms in total. The Morgan fingerprint density at radius 1 is 1.35 bits per heavy atom. The van der Waals surface area contributed by atoms with Crippen LogP contribution in [0.3, 0.4) is 0 Å². The van der Waals surface area contributed by atoms with Gasteiger partial charge in [0.1, 0.15) is 34.8 Å². The van der Waals surface area contributed by atoms with Crippen molar-refractivity contribution in [3.8, 4) is 23.2 Å². The van der Waals surface area contributed by atoms with Crippen LogP contribution in [0.1, 0.15) is 38.2 Å². The number of ether oxygens (including phenoxy) is 2. The number of carbonyl (C=O) groups excluding carboxylic acids is 1. The molecule has 2 aromatic carbocycles. The summed E-state index contributed by atoms with van der Waals surface area (Å²) in [6.45, 7) is 8.17. The highest BCUT2D eigenvalue weighted by Gasteiger charge is 2.49. The Bertz CT molecular complexity index is 2050. The van der Waals surface area contributed by atoms with Crippen LogP contribution in [-0.2, 0) is 9.53 Å². The first kappa shape index (κ1) is 33.4. The molecule has 4 atom stereocenters. The number of benzene rings is 2. The lowest BCUT2D eigenvalue weighted by molar-refractivity contribution is -0.126. The Labute approximate surface area is 291 Å². The third-order valence-electron chi connectivity index (χ3n) is 10.6. The van der Waals surface area contributed by atoms with Crippen molar-refractivity contribution in [2.75, 3.05) is 51.0 Å². The molecule has 3 fully saturated rings. The molecule has 4 aromatic rings. The van der Waals surface area contributed by atoms with Gasteiger partial charge in [-0.2, -0.15) is 15.2 Å². The van der Waals surface area contributed by atoms with Crippen LogP contribution in [0.2, 0.25) is 5.02 Å². The van der Waals surface area contributed by atoms with Gasteiger partial charge in [-0.05, 0) is 62.9 Å². The highest BCUT2D eigenvalue weighted by molar-refractivity contribution is 7.23. The average molecular weight is 708 g/mol. The maximum atomic E-state index is 17.1. The minimum Gasteiger partial charge on any atom is -0.461 e. The number of likely N-dealkylation sites (N-methyl/N-ethyl adjacent to an activating group) is 1. The van der Waals surface area contributed by atoms with E-state index in [1.807, 2.05) is 24.9 Å². The molecule has 0 spiro atoms. The summed E-state index contributed by atoms with van der Waals surface area (Å²) in [6, 6.07) is 5.87. The topological polar surface area (TPSA) is 121 Å². The Morgan fingerprint density at radius 2 is 2.14 bits per heavy atom. The smallest absolute Gasteiger partial charge is 0.319 e. The van der Waals surface area contributed by atoms with Gasteiger partial charge in [0.2, 0.25) is 5.91 Å². The summed E-state index contributed by atoms with van der Waals surface area (Å²) in [5.74, 6) is -1.12. The van der Waals surface area contributed by atoms with Crippen LogP contribution in [0.15, 0.2) is 30.9 Å². The van der Waals surface area contributed by atoms with Gasteiger partial charge >= 0.3 is 6.01 Å². The van der Waals surface area contributed by atoms with Crippen LogP contribution < -0.4 is 15.4 Å². The first-order chi connectivity index (χ1) is 23.5. The van der Waals surface area contributed by atoms with Crippen molar-refractivity contribution in [2.45, 2.75) is 56.3 Å². The van der Waals surface area contributed by atoms with Crippen molar-refractivity contribution in [3.63, 3.8) is 0 Å². The number of likely N-dealkylation sites (tertiary alicyclic amines) is 1. The van der Waals surface area contributed by atoms with Crippen LogP contribution in [0.25, 0.3) is 32.1 Å². The average Bonchev–Trinajstić information content (AvgIpc) is 3.84. The van der Waals surface area contributed by atoms with Gasteiger partial charge in [0.05, 0.1) is 33.0 Å². The molecular formula is C35H36ClF2N7O3S. The Kier molecular flexibility index (Phi) is 8.63. The van der Waals surface area contributed by atoms with Gasteiger partial charge in [-0.3, -0.25) is 9.69 Å². The molecule has 0 saturated carbocycles. The summed E-state index contributed by atoms with van der Waals surface area (Å²) in [5, 5.41) is 10.6. The van der Waals surface area contributed by atoms with E-state index < -0.39 is 11.6 Å². The summed E-state index contributed by atoms with van der Waals surface area (Å²) >= 11 is 7.80. The molecule has 49 heavy (non-hydrogen) atoms. The number of nitrogens with zero attached hydrogens (tertiary/aromatic N) is 6. The molecule has 0 bridgehead atoms. The van der Waals surface area contributed by atoms with Crippen LogP contribution in [0, 0.1) is 23.0 Å². The SMILES string of the molecule is C=CC(=O)N1CC[C@@H](N(C)c2nc(OC[C@@]34CCCN3C[C@H](OC)C4)nc3c(F)c(-c4ccc(F)c5sc(N)c(C#N)c45)c(Cl)cc23)[C@H]1C. The molecule has 256 valence electrons. The fraction of sp³-hybridized carbons (Fsp3) is 0.429. The number of amides is 1. The summed E-state index contributed by atoms with van der Waals surface area (Å²) in [4.78, 5) is 28.1. The highest BCUT2D eigenvalue weighted by Crippen LogP contribution is 2.46. The second kappa shape index (κ2) is 12.7. The fourth-order valence-electron chi connectivity index (χ4n) is 8.10. The second-order valence-electron chi connectivity index (χ2n) is 13.1. The molecule has 14 heteroatoms. The van der Waals surface area contributed by atoms with Crippen molar-refractivity contribution < 1.29 is 23.0 Å². The number of aromatic nitrogens is 2. The van der Waals surface area contributed by atoms with Crippen molar-refractivity contribution >= 4 is 60.7 Å². The van der Waals surface area contributed by atoms with Crippen LogP contribution in [-0.4, -0.2) is 89.8 Å². The van der Waals surface area contributed by atoms with Crippen molar-refractivity contribution in [1.82, 2.24) is 19.8 Å². The Hall–Kier alpha value is -4.09. The van der Waals surface area contributed by atoms with E-state index in [9.17, 15) is 14.4 Å². The van der Waals surface area contributed by atoms with E-state index in [4.69, 9.17) is 31.8 Å². The molecule has 0 unspecified atom stereocenters. The molecule has 7 rings (SSSR count). The largest absolute Gasteiger partial charge is 0.461 e. The molecule has 0 aliphatic carbocycles. The third kappa shape index (κ3) is 5.36. The number of anilines is 2. The Balaban J connectivity index is 1.38. The summed E-state index contributed by atoms with van der Waals surface area (Å²) < 4.78 is 44.2. The van der Waals surface area contributed by atoms with E-state index in [1.54, 1.807) is 18.1 Å². The molecule has 2 N–H and O–H groups in total. The van der Waals surface area contributed by atoms with E-state index in [0.717, 1.165) is 43.7 Å². The van der Waals surface area contributed by atoms with Crippen LogP contribution >= 0.6 is 22.9 Å². The van der Waals surface area contributed by atoms with Crippen molar-refractivity contribution in [2.24, 2.45) is 0 Å². The van der Waals surface area contributed by atoms with Crippen molar-refractivity contribution in [1.29, 1.82) is 5.26 Å². The summed E-state index contributed by atoms with van der Waals surface area (Å²) in [7, 11) is 3.57. The van der Waals surface area contributed by atoms with E-state index in [2.05, 4.69) is 16.5 Å². The number of nitrogen functional groups attached to an aromatic ring is 1. The van der Waals surface area contributed by atoms with Crippen LogP contribution in [0.4, 0.5) is 19.6 Å². The van der Waals surface area contributed by atoms with Gasteiger partial charge in [-0.15, -0.1) is 11.3 Å². The lowest BCUT2D eigenvalue weighted by Gasteiger charge is -2.33. The molecule has 0 radical (unpaired) electrons. The molecule has 3 aliphatic heterocycles. The molecule has 5 heterocycles. The second-order valence-corrected chi connectivity index (χ2v) is 14.6. The number of hydrogen-bond donors (Lipinski definition) is 1. The van der Waals surface area contributed by atoms with Gasteiger partial charge in [0, 0.05) is 49.6 Å². The third-order valence-corrected chi connectivity index (χ3v) is 11.9. The van der Waals surface area contributed by atoms with Gasteiger partial charge in [0.25, 0.3) is 0 Å². The van der Waals surface area contributed by atoms with E-state index in [-0.39, 0.29) is 78.0 Å². The zero-order chi connectivity index (χ0) is 34.8. The minimum absolute atomic E-state index is 0.00460. The number of fused-ring (bicyclic) bond motifs is 3. The zero-order valence-electron chi connectivity index (χ0n) is 27.4. The number of rotatable bonds is 8. The predicted molar refractivity (Wildman–Crippen MR) is 187 cm³/mol. The van der Waals surface area contributed by atoms with Gasteiger partial charge in [-0.25, -0.2) is 8.78 Å². The van der Waals surface area contributed by atoms with Crippen LogP contribution in [0.5, 0.6) is 6.01 Å². The fourth-order valence-corrected chi connectivity index (χ4v) is 9.34. The number of nitriles is 1.